The third kappa shape index (κ3) is 4.47. The largest absolute Gasteiger partial charge is 0.396 e. The van der Waals surface area contributed by atoms with Crippen molar-refractivity contribution < 1.29 is 9.90 Å². The predicted octanol–water partition coefficient (Wildman–Crippen LogP) is 3.93. The minimum Gasteiger partial charge on any atom is -0.396 e. The average molecular weight is 307 g/mol. The molecule has 2 nitrogen and oxygen atoms in total. The Morgan fingerprint density at radius 2 is 2.06 bits per heavy atom. The molecule has 0 spiro atoms. The zero-order valence-electron chi connectivity index (χ0n) is 10.3. The predicted molar refractivity (Wildman–Crippen MR) is 79.0 cm³/mol. The summed E-state index contributed by atoms with van der Waals surface area (Å²) < 4.78 is 0. The molecule has 0 saturated carbocycles. The summed E-state index contributed by atoms with van der Waals surface area (Å²) in [6.45, 7) is 3.93. The smallest absolute Gasteiger partial charge is 0.177 e. The van der Waals surface area contributed by atoms with E-state index in [2.05, 4.69) is 0 Å². The number of carbonyl (C=O) groups is 1. The molecule has 18 heavy (non-hydrogen) atoms. The first kappa shape index (κ1) is 15.8. The normalized spacial score (nSPS) is 14.3. The van der Waals surface area contributed by atoms with Crippen molar-refractivity contribution in [1.82, 2.24) is 0 Å². The first-order chi connectivity index (χ1) is 8.45. The van der Waals surface area contributed by atoms with Crippen molar-refractivity contribution in [3.8, 4) is 0 Å². The van der Waals surface area contributed by atoms with E-state index in [4.69, 9.17) is 28.3 Å². The van der Waals surface area contributed by atoms with E-state index in [0.29, 0.717) is 15.6 Å². The number of rotatable bonds is 6. The number of aliphatic hydroxyl groups excluding tert-OH is 1. The molecule has 0 aliphatic carbocycles. The first-order valence-corrected chi connectivity index (χ1v) is 7.48. The van der Waals surface area contributed by atoms with Crippen LogP contribution >= 0.6 is 35.0 Å². The minimum absolute atomic E-state index is 0.00759. The van der Waals surface area contributed by atoms with Crippen LogP contribution in [0, 0.1) is 5.92 Å². The van der Waals surface area contributed by atoms with Gasteiger partial charge in [-0.15, -0.1) is 0 Å². The van der Waals surface area contributed by atoms with Crippen LogP contribution in [0.1, 0.15) is 24.2 Å². The molecule has 2 unspecified atom stereocenters. The molecule has 1 aromatic rings. The highest BCUT2D eigenvalue weighted by atomic mass is 35.5. The van der Waals surface area contributed by atoms with Crippen LogP contribution in [0.5, 0.6) is 0 Å². The van der Waals surface area contributed by atoms with E-state index in [1.54, 1.807) is 18.2 Å². The molecule has 0 aromatic heterocycles. The highest BCUT2D eigenvalue weighted by Crippen LogP contribution is 2.25. The monoisotopic (exact) mass is 306 g/mol. The Hall–Kier alpha value is -0.220. The van der Waals surface area contributed by atoms with Crippen LogP contribution in [0.2, 0.25) is 10.0 Å². The minimum atomic E-state index is -0.183. The Bertz CT molecular complexity index is 423. The number of carbonyl (C=O) groups excluding carboxylic acids is 1. The fourth-order valence-electron chi connectivity index (χ4n) is 1.35. The summed E-state index contributed by atoms with van der Waals surface area (Å²) in [4.78, 5) is 12.2. The summed E-state index contributed by atoms with van der Waals surface area (Å²) in [7, 11) is 0. The molecule has 0 fully saturated rings. The molecular weight excluding hydrogens is 291 g/mol. The van der Waals surface area contributed by atoms with Gasteiger partial charge in [-0.25, -0.2) is 0 Å². The zero-order valence-corrected chi connectivity index (χ0v) is 12.6. The molecule has 0 radical (unpaired) electrons. The number of hydrogen-bond donors (Lipinski definition) is 1. The third-order valence-electron chi connectivity index (χ3n) is 2.51. The maximum Gasteiger partial charge on any atom is 0.177 e. The van der Waals surface area contributed by atoms with E-state index in [-0.39, 0.29) is 23.6 Å². The van der Waals surface area contributed by atoms with Crippen LogP contribution < -0.4 is 0 Å². The van der Waals surface area contributed by atoms with Gasteiger partial charge in [-0.1, -0.05) is 30.1 Å². The highest BCUT2D eigenvalue weighted by molar-refractivity contribution is 8.00. The number of ketones is 1. The van der Waals surface area contributed by atoms with Crippen LogP contribution in [-0.2, 0) is 0 Å². The van der Waals surface area contributed by atoms with Crippen LogP contribution in [0.25, 0.3) is 0 Å². The Labute approximate surface area is 122 Å². The van der Waals surface area contributed by atoms with Gasteiger partial charge in [0.05, 0.1) is 10.3 Å². The standard InChI is InChI=1S/C13H16Cl2O2S/c1-8(6-16)7-18-9(2)13(17)11-4-3-10(14)5-12(11)15/h3-5,8-9,16H,6-7H2,1-2H3. The zero-order chi connectivity index (χ0) is 13.7. The van der Waals surface area contributed by atoms with Crippen molar-refractivity contribution in [1.29, 1.82) is 0 Å². The third-order valence-corrected chi connectivity index (χ3v) is 4.53. The van der Waals surface area contributed by atoms with E-state index in [9.17, 15) is 4.79 Å². The van der Waals surface area contributed by atoms with Crippen molar-refractivity contribution in [2.45, 2.75) is 19.1 Å². The number of hydrogen-bond acceptors (Lipinski definition) is 3. The Kier molecular flexibility index (Phi) is 6.50. The second-order valence-electron chi connectivity index (χ2n) is 4.25. The van der Waals surface area contributed by atoms with Gasteiger partial charge in [-0.3, -0.25) is 4.79 Å². The van der Waals surface area contributed by atoms with E-state index < -0.39 is 0 Å². The molecule has 0 saturated heterocycles. The number of halogens is 2. The second kappa shape index (κ2) is 7.39. The second-order valence-corrected chi connectivity index (χ2v) is 6.47. The lowest BCUT2D eigenvalue weighted by atomic mass is 10.1. The molecule has 0 heterocycles. The fourth-order valence-corrected chi connectivity index (χ4v) is 2.85. The lowest BCUT2D eigenvalue weighted by Crippen LogP contribution is -2.16. The van der Waals surface area contributed by atoms with Gasteiger partial charge in [-0.05, 0) is 36.8 Å². The maximum absolute atomic E-state index is 12.2. The molecule has 0 amide bonds. The molecule has 1 N–H and O–H groups in total. The molecule has 1 aromatic carbocycles. The fraction of sp³-hybridized carbons (Fsp3) is 0.462. The lowest BCUT2D eigenvalue weighted by Gasteiger charge is -2.13. The van der Waals surface area contributed by atoms with Crippen molar-refractivity contribution in [3.63, 3.8) is 0 Å². The Morgan fingerprint density at radius 3 is 2.61 bits per heavy atom. The molecule has 0 bridgehead atoms. The maximum atomic E-state index is 12.2. The molecule has 2 atom stereocenters. The van der Waals surface area contributed by atoms with E-state index in [1.165, 1.54) is 11.8 Å². The Balaban J connectivity index is 2.68. The van der Waals surface area contributed by atoms with Crippen molar-refractivity contribution >= 4 is 40.7 Å². The summed E-state index contributed by atoms with van der Waals surface area (Å²) in [5.41, 5.74) is 0.498. The van der Waals surface area contributed by atoms with E-state index >= 15 is 0 Å². The SMILES string of the molecule is CC(CO)CSC(C)C(=O)c1ccc(Cl)cc1Cl. The van der Waals surface area contributed by atoms with Gasteiger partial charge in [0.15, 0.2) is 5.78 Å². The van der Waals surface area contributed by atoms with Crippen molar-refractivity contribution in [3.05, 3.63) is 33.8 Å². The number of aliphatic hydroxyl groups is 1. The molecule has 5 heteroatoms. The van der Waals surface area contributed by atoms with Gasteiger partial charge in [0, 0.05) is 17.2 Å². The van der Waals surface area contributed by atoms with Gasteiger partial charge < -0.3 is 5.11 Å². The lowest BCUT2D eigenvalue weighted by molar-refractivity contribution is 0.0994. The quantitative estimate of drug-likeness (QED) is 0.809. The first-order valence-electron chi connectivity index (χ1n) is 5.67. The summed E-state index contributed by atoms with van der Waals surface area (Å²) >= 11 is 13.3. The molecule has 1 rings (SSSR count). The van der Waals surface area contributed by atoms with Crippen LogP contribution in [0.3, 0.4) is 0 Å². The van der Waals surface area contributed by atoms with Crippen LogP contribution in [0.15, 0.2) is 18.2 Å². The number of Topliss-reactive ketones (excluding diaryl/α,β-unsaturated/α-hetero) is 1. The summed E-state index contributed by atoms with van der Waals surface area (Å²) in [6, 6.07) is 4.89. The van der Waals surface area contributed by atoms with Gasteiger partial charge in [0.25, 0.3) is 0 Å². The van der Waals surface area contributed by atoms with Crippen molar-refractivity contribution in [2.24, 2.45) is 5.92 Å². The summed E-state index contributed by atoms with van der Waals surface area (Å²) in [5.74, 6) is 0.923. The van der Waals surface area contributed by atoms with Gasteiger partial charge in [0.2, 0.25) is 0 Å². The highest BCUT2D eigenvalue weighted by Gasteiger charge is 2.19. The van der Waals surface area contributed by atoms with E-state index in [1.807, 2.05) is 13.8 Å². The number of benzene rings is 1. The molecule has 0 aliphatic heterocycles. The Morgan fingerprint density at radius 1 is 1.39 bits per heavy atom. The molecular formula is C13H16Cl2O2S. The van der Waals surface area contributed by atoms with Gasteiger partial charge in [-0.2, -0.15) is 11.8 Å². The number of thioether (sulfide) groups is 1. The molecule has 0 aliphatic rings. The van der Waals surface area contributed by atoms with Gasteiger partial charge >= 0.3 is 0 Å². The average Bonchev–Trinajstić information content (AvgIpc) is 2.34. The van der Waals surface area contributed by atoms with Crippen LogP contribution in [0.4, 0.5) is 0 Å². The summed E-state index contributed by atoms with van der Waals surface area (Å²) in [6.07, 6.45) is 0. The molecule has 100 valence electrons. The van der Waals surface area contributed by atoms with E-state index in [0.717, 1.165) is 5.75 Å². The van der Waals surface area contributed by atoms with Gasteiger partial charge in [0.1, 0.15) is 0 Å². The topological polar surface area (TPSA) is 37.3 Å². The van der Waals surface area contributed by atoms with Crippen molar-refractivity contribution in [2.75, 3.05) is 12.4 Å². The van der Waals surface area contributed by atoms with Crippen LogP contribution in [-0.4, -0.2) is 28.5 Å². The summed E-state index contributed by atoms with van der Waals surface area (Å²) in [5, 5.41) is 9.66.